The average Bonchev–Trinajstić information content (AvgIpc) is 2.77. The number of aromatic nitrogens is 2. The Hall–Kier alpha value is -1.80. The van der Waals surface area contributed by atoms with Gasteiger partial charge >= 0.3 is 0 Å². The molecular formula is C10H9BrN4O3. The van der Waals surface area contributed by atoms with E-state index >= 15 is 0 Å². The number of benzene rings is 1. The van der Waals surface area contributed by atoms with Gasteiger partial charge in [0.15, 0.2) is 5.82 Å². The number of halogens is 1. The van der Waals surface area contributed by atoms with Gasteiger partial charge in [0.2, 0.25) is 0 Å². The van der Waals surface area contributed by atoms with Crippen molar-refractivity contribution in [1.82, 2.24) is 10.1 Å². The summed E-state index contributed by atoms with van der Waals surface area (Å²) in [5.41, 5.74) is 6.02. The van der Waals surface area contributed by atoms with Gasteiger partial charge in [0, 0.05) is 22.2 Å². The number of nitro groups is 1. The fourth-order valence-electron chi connectivity index (χ4n) is 1.34. The molecule has 0 amide bonds. The van der Waals surface area contributed by atoms with Gasteiger partial charge in [-0.05, 0) is 13.0 Å². The topological polar surface area (TPSA) is 108 Å². The van der Waals surface area contributed by atoms with Crippen molar-refractivity contribution in [3.05, 3.63) is 38.6 Å². The smallest absolute Gasteiger partial charge is 0.271 e. The van der Waals surface area contributed by atoms with Crippen molar-refractivity contribution < 1.29 is 9.45 Å². The summed E-state index contributed by atoms with van der Waals surface area (Å²) < 4.78 is 5.58. The molecule has 18 heavy (non-hydrogen) atoms. The monoisotopic (exact) mass is 312 g/mol. The Kier molecular flexibility index (Phi) is 3.39. The lowest BCUT2D eigenvalue weighted by Crippen LogP contribution is -2.06. The quantitative estimate of drug-likeness (QED) is 0.688. The summed E-state index contributed by atoms with van der Waals surface area (Å²) in [6, 6.07) is 4.06. The molecule has 0 radical (unpaired) electrons. The first-order valence-electron chi connectivity index (χ1n) is 5.02. The Labute approximate surface area is 110 Å². The molecule has 0 saturated carbocycles. The molecule has 7 nitrogen and oxygen atoms in total. The second kappa shape index (κ2) is 4.83. The molecule has 94 valence electrons. The summed E-state index contributed by atoms with van der Waals surface area (Å²) in [4.78, 5) is 14.3. The van der Waals surface area contributed by atoms with Crippen LogP contribution in [-0.2, 0) is 0 Å². The summed E-state index contributed by atoms with van der Waals surface area (Å²) in [7, 11) is 0. The van der Waals surface area contributed by atoms with Gasteiger partial charge in [0.05, 0.1) is 11.0 Å². The zero-order chi connectivity index (χ0) is 13.3. The average molecular weight is 313 g/mol. The molecule has 1 heterocycles. The Bertz CT molecular complexity index is 597. The van der Waals surface area contributed by atoms with Crippen LogP contribution in [0.2, 0.25) is 0 Å². The third kappa shape index (κ3) is 2.54. The summed E-state index contributed by atoms with van der Waals surface area (Å²) in [5, 5.41) is 14.4. The summed E-state index contributed by atoms with van der Waals surface area (Å²) in [6.45, 7) is 1.72. The first kappa shape index (κ1) is 12.7. The van der Waals surface area contributed by atoms with E-state index in [0.29, 0.717) is 15.9 Å². The highest BCUT2D eigenvalue weighted by atomic mass is 79.9. The van der Waals surface area contributed by atoms with Crippen LogP contribution in [0.1, 0.15) is 18.8 Å². The predicted molar refractivity (Wildman–Crippen MR) is 66.7 cm³/mol. The summed E-state index contributed by atoms with van der Waals surface area (Å²) in [5.74, 6) is 0.555. The van der Waals surface area contributed by atoms with E-state index in [1.165, 1.54) is 12.1 Å². The Morgan fingerprint density at radius 1 is 1.50 bits per heavy atom. The van der Waals surface area contributed by atoms with Crippen LogP contribution >= 0.6 is 15.9 Å². The van der Waals surface area contributed by atoms with Crippen molar-refractivity contribution in [1.29, 1.82) is 0 Å². The molecule has 8 heteroatoms. The predicted octanol–water partition coefficient (Wildman–Crippen LogP) is 2.43. The molecule has 0 bridgehead atoms. The fourth-order valence-corrected chi connectivity index (χ4v) is 1.82. The standard InChI is InChI=1S/C10H9BrN4O3/c1-5(12)9-13-10(18-14-9)6-2-7(11)4-8(3-6)15(16)17/h2-5H,12H2,1H3. The number of non-ortho nitro benzene ring substituents is 1. The number of rotatable bonds is 3. The molecule has 0 spiro atoms. The Morgan fingerprint density at radius 3 is 2.78 bits per heavy atom. The van der Waals surface area contributed by atoms with Gasteiger partial charge in [-0.25, -0.2) is 0 Å². The maximum atomic E-state index is 10.7. The van der Waals surface area contributed by atoms with Gasteiger partial charge in [-0.3, -0.25) is 10.1 Å². The van der Waals surface area contributed by atoms with E-state index < -0.39 is 4.92 Å². The lowest BCUT2D eigenvalue weighted by molar-refractivity contribution is -0.384. The van der Waals surface area contributed by atoms with Crippen LogP contribution < -0.4 is 5.73 Å². The maximum absolute atomic E-state index is 10.7. The molecule has 0 saturated heterocycles. The first-order chi connectivity index (χ1) is 8.47. The minimum Gasteiger partial charge on any atom is -0.334 e. The van der Waals surface area contributed by atoms with E-state index in [4.69, 9.17) is 10.3 Å². The highest BCUT2D eigenvalue weighted by molar-refractivity contribution is 9.10. The molecule has 0 aliphatic rings. The summed E-state index contributed by atoms with van der Waals surface area (Å²) in [6.07, 6.45) is 0. The van der Waals surface area contributed by atoms with Crippen LogP contribution in [0, 0.1) is 10.1 Å². The van der Waals surface area contributed by atoms with Crippen LogP contribution in [0.4, 0.5) is 5.69 Å². The minimum atomic E-state index is -0.489. The lowest BCUT2D eigenvalue weighted by Gasteiger charge is -1.97. The molecule has 0 aliphatic carbocycles. The SMILES string of the molecule is CC(N)c1noc(-c2cc(Br)cc([N+](=O)[O-])c2)n1. The van der Waals surface area contributed by atoms with Crippen molar-refractivity contribution in [2.75, 3.05) is 0 Å². The fraction of sp³-hybridized carbons (Fsp3) is 0.200. The van der Waals surface area contributed by atoms with E-state index in [1.54, 1.807) is 13.0 Å². The zero-order valence-electron chi connectivity index (χ0n) is 9.33. The highest BCUT2D eigenvalue weighted by Gasteiger charge is 2.16. The van der Waals surface area contributed by atoms with Gasteiger partial charge in [0.25, 0.3) is 11.6 Å². The molecule has 2 N–H and O–H groups in total. The van der Waals surface area contributed by atoms with Gasteiger partial charge in [-0.2, -0.15) is 4.98 Å². The molecular weight excluding hydrogens is 304 g/mol. The molecule has 1 unspecified atom stereocenters. The van der Waals surface area contributed by atoms with Gasteiger partial charge in [-0.1, -0.05) is 21.1 Å². The van der Waals surface area contributed by atoms with Crippen LogP contribution in [0.5, 0.6) is 0 Å². The van der Waals surface area contributed by atoms with Crippen LogP contribution in [0.3, 0.4) is 0 Å². The van der Waals surface area contributed by atoms with Crippen LogP contribution in [0.25, 0.3) is 11.5 Å². The Balaban J connectivity index is 2.46. The minimum absolute atomic E-state index is 0.0556. The Morgan fingerprint density at radius 2 is 2.22 bits per heavy atom. The number of nitrogens with zero attached hydrogens (tertiary/aromatic N) is 3. The molecule has 1 atom stereocenters. The van der Waals surface area contributed by atoms with E-state index in [-0.39, 0.29) is 17.6 Å². The van der Waals surface area contributed by atoms with Crippen molar-refractivity contribution in [2.45, 2.75) is 13.0 Å². The summed E-state index contributed by atoms with van der Waals surface area (Å²) >= 11 is 3.20. The lowest BCUT2D eigenvalue weighted by atomic mass is 10.2. The zero-order valence-corrected chi connectivity index (χ0v) is 10.9. The van der Waals surface area contributed by atoms with Crippen molar-refractivity contribution in [2.24, 2.45) is 5.73 Å². The normalized spacial score (nSPS) is 12.4. The maximum Gasteiger partial charge on any atom is 0.271 e. The first-order valence-corrected chi connectivity index (χ1v) is 5.81. The van der Waals surface area contributed by atoms with Gasteiger partial charge in [0.1, 0.15) is 0 Å². The van der Waals surface area contributed by atoms with Crippen LogP contribution in [0.15, 0.2) is 27.2 Å². The van der Waals surface area contributed by atoms with E-state index in [2.05, 4.69) is 26.1 Å². The second-order valence-electron chi connectivity index (χ2n) is 3.70. The van der Waals surface area contributed by atoms with E-state index in [9.17, 15) is 10.1 Å². The van der Waals surface area contributed by atoms with E-state index in [1.807, 2.05) is 0 Å². The van der Waals surface area contributed by atoms with Gasteiger partial charge < -0.3 is 10.3 Å². The largest absolute Gasteiger partial charge is 0.334 e. The number of hydrogen-bond donors (Lipinski definition) is 1. The third-order valence-electron chi connectivity index (χ3n) is 2.19. The highest BCUT2D eigenvalue weighted by Crippen LogP contribution is 2.28. The van der Waals surface area contributed by atoms with Gasteiger partial charge in [-0.15, -0.1) is 0 Å². The number of nitro benzene ring substituents is 1. The molecule has 0 aliphatic heterocycles. The van der Waals surface area contributed by atoms with Crippen molar-refractivity contribution in [3.8, 4) is 11.5 Å². The second-order valence-corrected chi connectivity index (χ2v) is 4.62. The molecule has 0 fully saturated rings. The van der Waals surface area contributed by atoms with Crippen molar-refractivity contribution in [3.63, 3.8) is 0 Å². The van der Waals surface area contributed by atoms with Crippen molar-refractivity contribution >= 4 is 21.6 Å². The van der Waals surface area contributed by atoms with Crippen LogP contribution in [-0.4, -0.2) is 15.1 Å². The van der Waals surface area contributed by atoms with E-state index in [0.717, 1.165) is 0 Å². The molecule has 1 aromatic heterocycles. The number of hydrogen-bond acceptors (Lipinski definition) is 6. The molecule has 2 aromatic rings. The molecule has 1 aromatic carbocycles. The number of nitrogens with two attached hydrogens (primary N) is 1. The third-order valence-corrected chi connectivity index (χ3v) is 2.65. The molecule has 2 rings (SSSR count).